The molecule has 0 saturated heterocycles. The predicted molar refractivity (Wildman–Crippen MR) is 43.1 cm³/mol. The van der Waals surface area contributed by atoms with Gasteiger partial charge in [0.15, 0.2) is 0 Å². The molecular weight excluding hydrogens is 108 g/mol. The van der Waals surface area contributed by atoms with E-state index in [1.54, 1.807) is 0 Å². The topological polar surface area (TPSA) is 0 Å². The highest BCUT2D eigenvalue weighted by molar-refractivity contribution is 4.84. The number of hydrogen-bond donors (Lipinski definition) is 0. The van der Waals surface area contributed by atoms with Gasteiger partial charge in [-0.15, -0.1) is 6.58 Å². The molecule has 0 fully saturated rings. The maximum atomic E-state index is 3.94. The van der Waals surface area contributed by atoms with Crippen molar-refractivity contribution in [3.05, 3.63) is 31.7 Å². The summed E-state index contributed by atoms with van der Waals surface area (Å²) in [5.74, 6) is 0.513. The van der Waals surface area contributed by atoms with Crippen molar-refractivity contribution in [2.24, 2.45) is 5.92 Å². The molecule has 1 unspecified atom stereocenters. The summed E-state index contributed by atoms with van der Waals surface area (Å²) in [6.45, 7) is 9.62. The van der Waals surface area contributed by atoms with Gasteiger partial charge in [-0.2, -0.15) is 0 Å². The Morgan fingerprint density at radius 3 is 2.56 bits per heavy atom. The molecule has 0 heteroatoms. The molecule has 0 spiro atoms. The van der Waals surface area contributed by atoms with E-state index in [-0.39, 0.29) is 0 Å². The normalized spacial score (nSPS) is 14.0. The Balaban J connectivity index is 3.25. The molecule has 0 amide bonds. The van der Waals surface area contributed by atoms with E-state index in [0.717, 1.165) is 12.8 Å². The van der Waals surface area contributed by atoms with Crippen molar-refractivity contribution in [3.8, 4) is 0 Å². The van der Waals surface area contributed by atoms with Crippen LogP contribution in [0.25, 0.3) is 0 Å². The van der Waals surface area contributed by atoms with Gasteiger partial charge in [0, 0.05) is 0 Å². The molecule has 0 aromatic carbocycles. The van der Waals surface area contributed by atoms with E-state index >= 15 is 0 Å². The van der Waals surface area contributed by atoms with Gasteiger partial charge in [0.25, 0.3) is 0 Å². The van der Waals surface area contributed by atoms with E-state index in [2.05, 4.69) is 25.7 Å². The van der Waals surface area contributed by atoms with Gasteiger partial charge < -0.3 is 0 Å². The molecule has 0 saturated carbocycles. The average molecular weight is 123 g/mol. The molecule has 0 N–H and O–H groups in total. The molecule has 0 bridgehead atoms. The molecule has 0 aliphatic rings. The quantitative estimate of drug-likeness (QED) is 0.504. The Bertz CT molecular complexity index is 90.2. The van der Waals surface area contributed by atoms with E-state index in [1.807, 2.05) is 13.0 Å². The fourth-order valence-corrected chi connectivity index (χ4v) is 0.660. The second-order valence-corrected chi connectivity index (χ2v) is 2.20. The van der Waals surface area contributed by atoms with Crippen molar-refractivity contribution in [3.63, 3.8) is 0 Å². The molecule has 0 aliphatic carbocycles. The van der Waals surface area contributed by atoms with Gasteiger partial charge in [-0.05, 0) is 32.6 Å². The maximum absolute atomic E-state index is 3.94. The van der Waals surface area contributed by atoms with Crippen molar-refractivity contribution in [1.29, 1.82) is 0 Å². The SMILES string of the molecule is [CH2]C(CC=C)CC=CC. The molecule has 0 heterocycles. The van der Waals surface area contributed by atoms with Crippen LogP contribution in [0.5, 0.6) is 0 Å². The third-order valence-corrected chi connectivity index (χ3v) is 1.21. The van der Waals surface area contributed by atoms with E-state index in [9.17, 15) is 0 Å². The van der Waals surface area contributed by atoms with Crippen LogP contribution >= 0.6 is 0 Å². The first-order chi connectivity index (χ1) is 4.31. The minimum Gasteiger partial charge on any atom is -0.103 e. The molecule has 0 aliphatic heterocycles. The monoisotopic (exact) mass is 123 g/mol. The Kier molecular flexibility index (Phi) is 5.29. The fourth-order valence-electron chi connectivity index (χ4n) is 0.660. The zero-order valence-electron chi connectivity index (χ0n) is 6.14. The van der Waals surface area contributed by atoms with Crippen LogP contribution < -0.4 is 0 Å². The van der Waals surface area contributed by atoms with Crippen LogP contribution in [0.1, 0.15) is 19.8 Å². The van der Waals surface area contributed by atoms with Gasteiger partial charge in [-0.25, -0.2) is 0 Å². The van der Waals surface area contributed by atoms with Gasteiger partial charge in [0.1, 0.15) is 0 Å². The lowest BCUT2D eigenvalue weighted by molar-refractivity contribution is 0.671. The lowest BCUT2D eigenvalue weighted by Crippen LogP contribution is -1.88. The van der Waals surface area contributed by atoms with Crippen molar-refractivity contribution >= 4 is 0 Å². The van der Waals surface area contributed by atoms with E-state index < -0.39 is 0 Å². The van der Waals surface area contributed by atoms with Gasteiger partial charge in [-0.3, -0.25) is 0 Å². The summed E-state index contributed by atoms with van der Waals surface area (Å²) >= 11 is 0. The Morgan fingerprint density at radius 2 is 2.11 bits per heavy atom. The lowest BCUT2D eigenvalue weighted by atomic mass is 10.0. The smallest absolute Gasteiger partial charge is 0.0319 e. The number of hydrogen-bond acceptors (Lipinski definition) is 0. The summed E-state index contributed by atoms with van der Waals surface area (Å²) in [6.07, 6.45) is 8.20. The van der Waals surface area contributed by atoms with Crippen LogP contribution in [0.15, 0.2) is 24.8 Å². The molecule has 0 nitrogen and oxygen atoms in total. The fraction of sp³-hybridized carbons (Fsp3) is 0.444. The largest absolute Gasteiger partial charge is 0.103 e. The molecule has 0 rings (SSSR count). The second-order valence-electron chi connectivity index (χ2n) is 2.20. The highest BCUT2D eigenvalue weighted by Crippen LogP contribution is 2.06. The summed E-state index contributed by atoms with van der Waals surface area (Å²) in [4.78, 5) is 0. The first kappa shape index (κ1) is 8.48. The molecule has 51 valence electrons. The minimum absolute atomic E-state index is 0.513. The standard InChI is InChI=1S/C9H15/c1-4-6-8-9(3)7-5-2/h4-6,9H,2-3,7-8H2,1H3. The maximum Gasteiger partial charge on any atom is -0.0319 e. The third kappa shape index (κ3) is 5.35. The van der Waals surface area contributed by atoms with Crippen LogP contribution in [0.3, 0.4) is 0 Å². The van der Waals surface area contributed by atoms with E-state index in [0.29, 0.717) is 5.92 Å². The van der Waals surface area contributed by atoms with Crippen LogP contribution in [-0.4, -0.2) is 0 Å². The molecule has 0 aromatic heterocycles. The Hall–Kier alpha value is -0.520. The Labute approximate surface area is 58.3 Å². The highest BCUT2D eigenvalue weighted by atomic mass is 14.0. The van der Waals surface area contributed by atoms with E-state index in [4.69, 9.17) is 0 Å². The van der Waals surface area contributed by atoms with Crippen molar-refractivity contribution in [2.45, 2.75) is 19.8 Å². The number of rotatable bonds is 4. The van der Waals surface area contributed by atoms with Crippen molar-refractivity contribution < 1.29 is 0 Å². The summed E-state index contributed by atoms with van der Waals surface area (Å²) < 4.78 is 0. The zero-order valence-corrected chi connectivity index (χ0v) is 6.14. The van der Waals surface area contributed by atoms with Crippen LogP contribution in [0, 0.1) is 12.8 Å². The molecule has 1 radical (unpaired) electrons. The molecule has 0 aromatic rings. The van der Waals surface area contributed by atoms with Crippen LogP contribution in [0.2, 0.25) is 0 Å². The summed E-state index contributed by atoms with van der Waals surface area (Å²) in [5, 5.41) is 0. The highest BCUT2D eigenvalue weighted by Gasteiger charge is 1.93. The molecular formula is C9H15. The lowest BCUT2D eigenvalue weighted by Gasteiger charge is -2.01. The van der Waals surface area contributed by atoms with Gasteiger partial charge in [-0.1, -0.05) is 18.2 Å². The van der Waals surface area contributed by atoms with Gasteiger partial charge in [0.05, 0.1) is 0 Å². The minimum atomic E-state index is 0.513. The first-order valence-electron chi connectivity index (χ1n) is 3.36. The third-order valence-electron chi connectivity index (χ3n) is 1.21. The number of allylic oxidation sites excluding steroid dienone is 3. The molecule has 9 heavy (non-hydrogen) atoms. The molecule has 1 atom stereocenters. The van der Waals surface area contributed by atoms with Crippen molar-refractivity contribution in [2.75, 3.05) is 0 Å². The summed E-state index contributed by atoms with van der Waals surface area (Å²) in [6, 6.07) is 0. The second kappa shape index (κ2) is 5.61. The van der Waals surface area contributed by atoms with Gasteiger partial charge in [0.2, 0.25) is 0 Å². The summed E-state index contributed by atoms with van der Waals surface area (Å²) in [5.41, 5.74) is 0. The van der Waals surface area contributed by atoms with Crippen LogP contribution in [0.4, 0.5) is 0 Å². The Morgan fingerprint density at radius 1 is 1.44 bits per heavy atom. The van der Waals surface area contributed by atoms with Crippen LogP contribution in [-0.2, 0) is 0 Å². The predicted octanol–water partition coefficient (Wildman–Crippen LogP) is 2.98. The average Bonchev–Trinajstić information content (AvgIpc) is 1.85. The van der Waals surface area contributed by atoms with E-state index in [1.165, 1.54) is 0 Å². The van der Waals surface area contributed by atoms with Crippen molar-refractivity contribution in [1.82, 2.24) is 0 Å². The summed E-state index contributed by atoms with van der Waals surface area (Å²) in [7, 11) is 0. The first-order valence-corrected chi connectivity index (χ1v) is 3.36. The van der Waals surface area contributed by atoms with Gasteiger partial charge >= 0.3 is 0 Å². The zero-order chi connectivity index (χ0) is 7.11.